The quantitative estimate of drug-likeness (QED) is 0.381. The number of nitrogens with zero attached hydrogens (tertiary/aromatic N) is 2. The van der Waals surface area contributed by atoms with Crippen molar-refractivity contribution in [2.45, 2.75) is 32.9 Å². The van der Waals surface area contributed by atoms with Gasteiger partial charge in [0.15, 0.2) is 0 Å². The van der Waals surface area contributed by atoms with Crippen molar-refractivity contribution in [2.24, 2.45) is 0 Å². The summed E-state index contributed by atoms with van der Waals surface area (Å²) in [5.74, 6) is -0.490. The number of benzene rings is 3. The summed E-state index contributed by atoms with van der Waals surface area (Å²) in [5, 5.41) is 2.85. The largest absolute Gasteiger partial charge is 0.495 e. The van der Waals surface area contributed by atoms with Crippen LogP contribution in [-0.2, 0) is 32.6 Å². The van der Waals surface area contributed by atoms with Crippen molar-refractivity contribution in [3.05, 3.63) is 95.6 Å². The van der Waals surface area contributed by atoms with E-state index < -0.39 is 28.5 Å². The van der Waals surface area contributed by atoms with Gasteiger partial charge in [0.05, 0.1) is 19.1 Å². The number of anilines is 1. The van der Waals surface area contributed by atoms with Gasteiger partial charge in [0.1, 0.15) is 18.3 Å². The van der Waals surface area contributed by atoms with E-state index in [-0.39, 0.29) is 24.6 Å². The van der Waals surface area contributed by atoms with Crippen molar-refractivity contribution in [3.8, 4) is 5.75 Å². The van der Waals surface area contributed by atoms with Gasteiger partial charge in [-0.15, -0.1) is 0 Å². The standard InChI is InChI=1S/C29H35N3O5S/c1-5-30-29(34)26(19-23-13-7-6-8-14-23)31(20-24-15-11-12-22(2)18-24)28(33)21-32(38(4,35)36)25-16-9-10-17-27(25)37-3/h6-18,26H,5,19-21H2,1-4H3,(H,30,34)/t26-/m0/s1. The number of carbonyl (C=O) groups excluding carboxylic acids is 2. The van der Waals surface area contributed by atoms with Crippen molar-refractivity contribution in [3.63, 3.8) is 0 Å². The molecule has 0 fully saturated rings. The fourth-order valence-corrected chi connectivity index (χ4v) is 5.14. The Balaban J connectivity index is 2.06. The maximum absolute atomic E-state index is 14.0. The van der Waals surface area contributed by atoms with Crippen LogP contribution in [-0.4, -0.2) is 57.6 Å². The van der Waals surface area contributed by atoms with Crippen molar-refractivity contribution < 1.29 is 22.7 Å². The number of hydrogen-bond donors (Lipinski definition) is 1. The number of ether oxygens (including phenoxy) is 1. The number of methoxy groups -OCH3 is 1. The highest BCUT2D eigenvalue weighted by Gasteiger charge is 2.33. The fraction of sp³-hybridized carbons (Fsp3) is 0.310. The van der Waals surface area contributed by atoms with Crippen LogP contribution < -0.4 is 14.4 Å². The van der Waals surface area contributed by atoms with Gasteiger partial charge < -0.3 is 15.0 Å². The third kappa shape index (κ3) is 7.58. The van der Waals surface area contributed by atoms with E-state index in [1.165, 1.54) is 12.0 Å². The molecule has 3 rings (SSSR count). The van der Waals surface area contributed by atoms with Crippen LogP contribution in [0.1, 0.15) is 23.6 Å². The van der Waals surface area contributed by atoms with E-state index in [1.807, 2.05) is 68.4 Å². The maximum Gasteiger partial charge on any atom is 0.244 e. The third-order valence-corrected chi connectivity index (χ3v) is 7.22. The van der Waals surface area contributed by atoms with E-state index in [1.54, 1.807) is 24.3 Å². The van der Waals surface area contributed by atoms with Gasteiger partial charge in [0.2, 0.25) is 21.8 Å². The number of rotatable bonds is 12. The zero-order valence-electron chi connectivity index (χ0n) is 22.3. The molecule has 0 aliphatic heterocycles. The lowest BCUT2D eigenvalue weighted by Gasteiger charge is -2.33. The lowest BCUT2D eigenvalue weighted by atomic mass is 10.0. The summed E-state index contributed by atoms with van der Waals surface area (Å²) < 4.78 is 32.2. The van der Waals surface area contributed by atoms with Crippen molar-refractivity contribution >= 4 is 27.5 Å². The number of likely N-dealkylation sites (N-methyl/N-ethyl adjacent to an activating group) is 1. The molecule has 0 aliphatic rings. The molecule has 3 aromatic rings. The predicted molar refractivity (Wildman–Crippen MR) is 150 cm³/mol. The van der Waals surface area contributed by atoms with E-state index in [2.05, 4.69) is 5.32 Å². The molecule has 1 N–H and O–H groups in total. The molecule has 8 nitrogen and oxygen atoms in total. The van der Waals surface area contributed by atoms with Crippen LogP contribution in [0.25, 0.3) is 0 Å². The second kappa shape index (κ2) is 13.1. The molecule has 0 saturated heterocycles. The lowest BCUT2D eigenvalue weighted by Crippen LogP contribution is -2.53. The first-order valence-corrected chi connectivity index (χ1v) is 14.3. The molecule has 0 bridgehead atoms. The molecule has 0 unspecified atom stereocenters. The molecule has 0 aromatic heterocycles. The third-order valence-electron chi connectivity index (χ3n) is 6.09. The summed E-state index contributed by atoms with van der Waals surface area (Å²) in [6, 6.07) is 22.9. The van der Waals surface area contributed by atoms with Gasteiger partial charge >= 0.3 is 0 Å². The van der Waals surface area contributed by atoms with Crippen LogP contribution in [0.4, 0.5) is 5.69 Å². The van der Waals surface area contributed by atoms with Crippen molar-refractivity contribution in [2.75, 3.05) is 30.8 Å². The minimum Gasteiger partial charge on any atom is -0.495 e. The van der Waals surface area contributed by atoms with Gasteiger partial charge in [-0.25, -0.2) is 8.42 Å². The molecular formula is C29H35N3O5S. The minimum absolute atomic E-state index is 0.138. The number of nitrogens with one attached hydrogen (secondary N) is 1. The summed E-state index contributed by atoms with van der Waals surface area (Å²) >= 11 is 0. The Morgan fingerprint density at radius 2 is 1.61 bits per heavy atom. The van der Waals surface area contributed by atoms with Gasteiger partial charge in [-0.05, 0) is 37.1 Å². The first-order chi connectivity index (χ1) is 18.1. The van der Waals surface area contributed by atoms with Crippen LogP contribution in [0.3, 0.4) is 0 Å². The SMILES string of the molecule is CCNC(=O)[C@H](Cc1ccccc1)N(Cc1cccc(C)c1)C(=O)CN(c1ccccc1OC)S(C)(=O)=O. The second-order valence-corrected chi connectivity index (χ2v) is 11.0. The summed E-state index contributed by atoms with van der Waals surface area (Å²) in [6.07, 6.45) is 1.32. The molecule has 0 heterocycles. The molecule has 0 saturated carbocycles. The molecule has 1 atom stereocenters. The smallest absolute Gasteiger partial charge is 0.244 e. The average Bonchev–Trinajstić information content (AvgIpc) is 2.89. The Hall–Kier alpha value is -3.85. The van der Waals surface area contributed by atoms with Gasteiger partial charge in [-0.1, -0.05) is 72.3 Å². The van der Waals surface area contributed by atoms with E-state index in [4.69, 9.17) is 4.74 Å². The molecule has 0 spiro atoms. The zero-order valence-corrected chi connectivity index (χ0v) is 23.1. The van der Waals surface area contributed by atoms with Crippen LogP contribution >= 0.6 is 0 Å². The highest BCUT2D eigenvalue weighted by atomic mass is 32.2. The summed E-state index contributed by atoms with van der Waals surface area (Å²) in [5.41, 5.74) is 2.98. The maximum atomic E-state index is 14.0. The topological polar surface area (TPSA) is 96.0 Å². The summed E-state index contributed by atoms with van der Waals surface area (Å²) in [4.78, 5) is 28.8. The van der Waals surface area contributed by atoms with Crippen LogP contribution in [0.15, 0.2) is 78.9 Å². The number of carbonyl (C=O) groups is 2. The molecule has 2 amide bonds. The summed E-state index contributed by atoms with van der Waals surface area (Å²) in [7, 11) is -2.43. The Bertz CT molecular complexity index is 1350. The van der Waals surface area contributed by atoms with Crippen LogP contribution in [0.2, 0.25) is 0 Å². The van der Waals surface area contributed by atoms with Crippen molar-refractivity contribution in [1.29, 1.82) is 0 Å². The molecule has 38 heavy (non-hydrogen) atoms. The summed E-state index contributed by atoms with van der Waals surface area (Å²) in [6.45, 7) is 3.81. The monoisotopic (exact) mass is 537 g/mol. The number of hydrogen-bond acceptors (Lipinski definition) is 5. The van der Waals surface area contributed by atoms with Crippen LogP contribution in [0.5, 0.6) is 5.75 Å². The lowest BCUT2D eigenvalue weighted by molar-refractivity contribution is -0.140. The average molecular weight is 538 g/mol. The van der Waals surface area contributed by atoms with Gasteiger partial charge in [0.25, 0.3) is 0 Å². The van der Waals surface area contributed by atoms with Crippen LogP contribution in [0, 0.1) is 6.92 Å². The number of para-hydroxylation sites is 2. The second-order valence-electron chi connectivity index (χ2n) is 9.05. The zero-order chi connectivity index (χ0) is 27.7. The highest BCUT2D eigenvalue weighted by Crippen LogP contribution is 2.30. The molecule has 9 heteroatoms. The minimum atomic E-state index is -3.87. The number of sulfonamides is 1. The normalized spacial score (nSPS) is 11.9. The fourth-order valence-electron chi connectivity index (χ4n) is 4.28. The van der Waals surface area contributed by atoms with E-state index in [0.29, 0.717) is 12.3 Å². The molecule has 3 aromatic carbocycles. The molecule has 202 valence electrons. The van der Waals surface area contributed by atoms with E-state index in [9.17, 15) is 18.0 Å². The Morgan fingerprint density at radius 3 is 2.24 bits per heavy atom. The van der Waals surface area contributed by atoms with Crippen molar-refractivity contribution in [1.82, 2.24) is 10.2 Å². The molecule has 0 aliphatic carbocycles. The van der Waals surface area contributed by atoms with Gasteiger partial charge in [-0.3, -0.25) is 13.9 Å². The first kappa shape index (κ1) is 28.7. The van der Waals surface area contributed by atoms with Gasteiger partial charge in [-0.2, -0.15) is 0 Å². The highest BCUT2D eigenvalue weighted by molar-refractivity contribution is 7.92. The van der Waals surface area contributed by atoms with Gasteiger partial charge in [0, 0.05) is 19.5 Å². The Morgan fingerprint density at radius 1 is 0.947 bits per heavy atom. The Labute approximate surface area is 225 Å². The van der Waals surface area contributed by atoms with E-state index >= 15 is 0 Å². The van der Waals surface area contributed by atoms with E-state index in [0.717, 1.165) is 27.3 Å². The number of aryl methyl sites for hydroxylation is 1. The first-order valence-electron chi connectivity index (χ1n) is 12.4. The predicted octanol–water partition coefficient (Wildman–Crippen LogP) is 3.55. The Kier molecular flexibility index (Phi) is 9.90. The number of amides is 2. The molecule has 0 radical (unpaired) electrons. The molecular weight excluding hydrogens is 502 g/mol.